The highest BCUT2D eigenvalue weighted by atomic mass is 16.7. The van der Waals surface area contributed by atoms with Gasteiger partial charge < -0.3 is 19.3 Å². The third-order valence-electron chi connectivity index (χ3n) is 4.31. The second kappa shape index (κ2) is 12.9. The molecule has 1 unspecified atom stereocenters. The molecule has 0 saturated carbocycles. The summed E-state index contributed by atoms with van der Waals surface area (Å²) in [5.74, 6) is 5.82. The Kier molecular flexibility index (Phi) is 10.1. The first-order chi connectivity index (χ1) is 13.7. The van der Waals surface area contributed by atoms with Crippen molar-refractivity contribution in [3.05, 3.63) is 29.3 Å². The first kappa shape index (κ1) is 21.9. The molecule has 0 radical (unpaired) electrons. The van der Waals surface area contributed by atoms with E-state index in [0.29, 0.717) is 36.5 Å². The van der Waals surface area contributed by atoms with Crippen LogP contribution >= 0.6 is 0 Å². The summed E-state index contributed by atoms with van der Waals surface area (Å²) in [5.41, 5.74) is 1.14. The third-order valence-corrected chi connectivity index (χ3v) is 4.31. The van der Waals surface area contributed by atoms with Crippen LogP contribution in [0.5, 0.6) is 5.75 Å². The zero-order valence-corrected chi connectivity index (χ0v) is 16.2. The van der Waals surface area contributed by atoms with E-state index in [1.165, 1.54) is 6.42 Å². The lowest BCUT2D eigenvalue weighted by Crippen LogP contribution is -2.22. The number of carboxylic acid groups (broad SMARTS) is 1. The number of hydrogen-bond donors (Lipinski definition) is 1. The number of ether oxygens (including phenoxy) is 3. The number of carboxylic acids is 1. The summed E-state index contributed by atoms with van der Waals surface area (Å²) in [7, 11) is 0. The van der Waals surface area contributed by atoms with Crippen LogP contribution in [0.15, 0.2) is 18.2 Å². The number of aldehydes is 1. The van der Waals surface area contributed by atoms with Crippen molar-refractivity contribution >= 4 is 12.3 Å². The molecule has 0 aliphatic carbocycles. The van der Waals surface area contributed by atoms with Crippen LogP contribution in [0.25, 0.3) is 0 Å². The fourth-order valence-electron chi connectivity index (χ4n) is 2.79. The molecule has 1 atom stereocenters. The Balaban J connectivity index is 1.69. The highest BCUT2D eigenvalue weighted by Gasteiger charge is 2.13. The van der Waals surface area contributed by atoms with Gasteiger partial charge >= 0.3 is 5.97 Å². The summed E-state index contributed by atoms with van der Waals surface area (Å²) in [5, 5.41) is 8.61. The van der Waals surface area contributed by atoms with Crippen LogP contribution < -0.4 is 4.74 Å². The number of aliphatic carboxylic acids is 1. The molecule has 6 heteroatoms. The smallest absolute Gasteiger partial charge is 0.303 e. The highest BCUT2D eigenvalue weighted by Crippen LogP contribution is 2.17. The van der Waals surface area contributed by atoms with E-state index < -0.39 is 5.97 Å². The Hall–Kier alpha value is -2.36. The van der Waals surface area contributed by atoms with Crippen molar-refractivity contribution in [1.29, 1.82) is 0 Å². The van der Waals surface area contributed by atoms with Gasteiger partial charge in [-0.15, -0.1) is 0 Å². The average molecular weight is 388 g/mol. The SMILES string of the molecule is O=Cc1cc(OCCCC(=O)O)ccc1C#CCCCCOC1CCCCO1. The summed E-state index contributed by atoms with van der Waals surface area (Å²) in [4.78, 5) is 21.8. The zero-order chi connectivity index (χ0) is 20.0. The Morgan fingerprint density at radius 2 is 2.14 bits per heavy atom. The van der Waals surface area contributed by atoms with Crippen LogP contribution in [-0.2, 0) is 14.3 Å². The summed E-state index contributed by atoms with van der Waals surface area (Å²) >= 11 is 0. The number of unbranched alkanes of at least 4 members (excludes halogenated alkanes) is 2. The number of benzene rings is 1. The molecule has 0 bridgehead atoms. The summed E-state index contributed by atoms with van der Waals surface area (Å²) < 4.78 is 16.7. The predicted molar refractivity (Wildman–Crippen MR) is 104 cm³/mol. The van der Waals surface area contributed by atoms with E-state index in [9.17, 15) is 9.59 Å². The Bertz CT molecular complexity index is 682. The van der Waals surface area contributed by atoms with E-state index in [1.807, 2.05) is 0 Å². The Morgan fingerprint density at radius 1 is 1.25 bits per heavy atom. The molecule has 0 spiro atoms. The van der Waals surface area contributed by atoms with Crippen molar-refractivity contribution in [3.63, 3.8) is 0 Å². The minimum Gasteiger partial charge on any atom is -0.494 e. The van der Waals surface area contributed by atoms with Crippen LogP contribution in [0, 0.1) is 11.8 Å². The summed E-state index contributed by atoms with van der Waals surface area (Å²) in [6.07, 6.45) is 7.06. The van der Waals surface area contributed by atoms with E-state index in [2.05, 4.69) is 11.8 Å². The zero-order valence-electron chi connectivity index (χ0n) is 16.2. The molecular formula is C22H28O6. The first-order valence-corrected chi connectivity index (χ1v) is 9.85. The number of carbonyl (C=O) groups is 2. The van der Waals surface area contributed by atoms with Gasteiger partial charge in [0.05, 0.1) is 6.61 Å². The molecule has 1 aromatic rings. The Morgan fingerprint density at radius 3 is 2.89 bits per heavy atom. The van der Waals surface area contributed by atoms with Crippen LogP contribution in [0.2, 0.25) is 0 Å². The Labute approximate surface area is 166 Å². The van der Waals surface area contributed by atoms with Crippen molar-refractivity contribution in [1.82, 2.24) is 0 Å². The quantitative estimate of drug-likeness (QED) is 0.353. The van der Waals surface area contributed by atoms with Crippen LogP contribution in [-0.4, -0.2) is 43.5 Å². The van der Waals surface area contributed by atoms with E-state index in [1.54, 1.807) is 18.2 Å². The third kappa shape index (κ3) is 8.55. The van der Waals surface area contributed by atoms with E-state index in [-0.39, 0.29) is 12.7 Å². The standard InChI is InChI=1S/C22H28O6/c23-17-19-16-20(26-15-7-9-21(24)25)12-11-18(19)8-3-1-2-5-13-27-22-10-4-6-14-28-22/h11-12,16-17,22H,1-2,4-7,9-10,13-15H2,(H,24,25). The minimum absolute atomic E-state index is 0.0418. The van der Waals surface area contributed by atoms with Gasteiger partial charge in [-0.05, 0) is 56.7 Å². The van der Waals surface area contributed by atoms with Gasteiger partial charge in [-0.3, -0.25) is 9.59 Å². The number of hydrogen-bond acceptors (Lipinski definition) is 5. The maximum atomic E-state index is 11.3. The second-order valence-electron chi connectivity index (χ2n) is 6.64. The molecule has 1 fully saturated rings. The van der Waals surface area contributed by atoms with Gasteiger partial charge in [-0.25, -0.2) is 0 Å². The summed E-state index contributed by atoms with van der Waals surface area (Å²) in [6, 6.07) is 5.14. The van der Waals surface area contributed by atoms with Crippen molar-refractivity contribution in [2.75, 3.05) is 19.8 Å². The highest BCUT2D eigenvalue weighted by molar-refractivity contribution is 5.80. The first-order valence-electron chi connectivity index (χ1n) is 9.85. The average Bonchev–Trinajstić information content (AvgIpc) is 2.71. The second-order valence-corrected chi connectivity index (χ2v) is 6.64. The number of carbonyl (C=O) groups excluding carboxylic acids is 1. The van der Waals surface area contributed by atoms with E-state index in [4.69, 9.17) is 19.3 Å². The van der Waals surface area contributed by atoms with Gasteiger partial charge in [-0.2, -0.15) is 0 Å². The lowest BCUT2D eigenvalue weighted by Gasteiger charge is -2.22. The van der Waals surface area contributed by atoms with Crippen LogP contribution in [0.4, 0.5) is 0 Å². The van der Waals surface area contributed by atoms with Gasteiger partial charge in [0.15, 0.2) is 12.6 Å². The molecule has 0 amide bonds. The molecule has 1 saturated heterocycles. The van der Waals surface area contributed by atoms with Crippen molar-refractivity contribution in [2.45, 2.75) is 57.7 Å². The molecule has 1 heterocycles. The molecule has 28 heavy (non-hydrogen) atoms. The van der Waals surface area contributed by atoms with Crippen LogP contribution in [0.1, 0.15) is 67.3 Å². The largest absolute Gasteiger partial charge is 0.494 e. The molecule has 1 aliphatic rings. The van der Waals surface area contributed by atoms with Gasteiger partial charge in [0.1, 0.15) is 5.75 Å². The summed E-state index contributed by atoms with van der Waals surface area (Å²) in [6.45, 7) is 1.77. The molecule has 152 valence electrons. The minimum atomic E-state index is -0.850. The van der Waals surface area contributed by atoms with Gasteiger partial charge in [0.25, 0.3) is 0 Å². The monoisotopic (exact) mass is 388 g/mol. The molecule has 6 nitrogen and oxygen atoms in total. The fraction of sp³-hybridized carbons (Fsp3) is 0.545. The maximum Gasteiger partial charge on any atom is 0.303 e. The predicted octanol–water partition coefficient (Wildman–Crippen LogP) is 3.81. The maximum absolute atomic E-state index is 11.3. The van der Waals surface area contributed by atoms with Crippen molar-refractivity contribution in [3.8, 4) is 17.6 Å². The molecule has 1 N–H and O–H groups in total. The lowest BCUT2D eigenvalue weighted by atomic mass is 10.1. The van der Waals surface area contributed by atoms with Gasteiger partial charge in [-0.1, -0.05) is 11.8 Å². The topological polar surface area (TPSA) is 82.1 Å². The van der Waals surface area contributed by atoms with E-state index >= 15 is 0 Å². The molecule has 1 aromatic carbocycles. The van der Waals surface area contributed by atoms with Gasteiger partial charge in [0.2, 0.25) is 0 Å². The molecular weight excluding hydrogens is 360 g/mol. The molecule has 0 aromatic heterocycles. The fourth-order valence-corrected chi connectivity index (χ4v) is 2.79. The van der Waals surface area contributed by atoms with Gasteiger partial charge in [0, 0.05) is 37.2 Å². The van der Waals surface area contributed by atoms with Crippen molar-refractivity contribution < 1.29 is 28.9 Å². The number of rotatable bonds is 11. The van der Waals surface area contributed by atoms with Crippen LogP contribution in [0.3, 0.4) is 0 Å². The van der Waals surface area contributed by atoms with E-state index in [0.717, 1.165) is 45.0 Å². The molecule has 1 aliphatic heterocycles. The lowest BCUT2D eigenvalue weighted by molar-refractivity contribution is -0.162. The van der Waals surface area contributed by atoms with Crippen molar-refractivity contribution in [2.24, 2.45) is 0 Å². The normalized spacial score (nSPS) is 16.1. The molecule has 2 rings (SSSR count).